The van der Waals surface area contributed by atoms with Crippen molar-refractivity contribution in [2.24, 2.45) is 0 Å². The summed E-state index contributed by atoms with van der Waals surface area (Å²) in [5.41, 5.74) is 0.222. The Balaban J connectivity index is 2.32. The number of carboxylic acids is 1. The summed E-state index contributed by atoms with van der Waals surface area (Å²) in [6.45, 7) is 0.374. The minimum absolute atomic E-state index is 0.0919. The summed E-state index contributed by atoms with van der Waals surface area (Å²) in [6, 6.07) is 4.60. The average molecular weight is 319 g/mol. The van der Waals surface area contributed by atoms with Gasteiger partial charge in [-0.3, -0.25) is 9.59 Å². The lowest BCUT2D eigenvalue weighted by atomic mass is 10.2. The van der Waals surface area contributed by atoms with Gasteiger partial charge in [0.2, 0.25) is 0 Å². The summed E-state index contributed by atoms with van der Waals surface area (Å²) in [5.74, 6) is -1.65. The molecule has 1 aromatic rings. The van der Waals surface area contributed by atoms with Crippen molar-refractivity contribution in [1.82, 2.24) is 5.32 Å². The van der Waals surface area contributed by atoms with Gasteiger partial charge < -0.3 is 15.2 Å². The molecule has 22 heavy (non-hydrogen) atoms. The molecule has 0 saturated carbocycles. The first-order valence-corrected chi connectivity index (χ1v) is 6.64. The maximum absolute atomic E-state index is 12.0. The van der Waals surface area contributed by atoms with Gasteiger partial charge in [-0.1, -0.05) is 6.42 Å². The predicted octanol–water partition coefficient (Wildman–Crippen LogP) is 2.96. The molecule has 8 heteroatoms. The highest BCUT2D eigenvalue weighted by Crippen LogP contribution is 2.22. The lowest BCUT2D eigenvalue weighted by molar-refractivity contribution is -0.274. The Morgan fingerprint density at radius 3 is 2.27 bits per heavy atom. The minimum atomic E-state index is -4.76. The van der Waals surface area contributed by atoms with E-state index in [0.717, 1.165) is 12.1 Å². The first-order valence-electron chi connectivity index (χ1n) is 6.64. The normalized spacial score (nSPS) is 11.0. The van der Waals surface area contributed by atoms with Gasteiger partial charge in [-0.2, -0.15) is 0 Å². The Kier molecular flexibility index (Phi) is 6.68. The number of alkyl halides is 3. The van der Waals surface area contributed by atoms with Crippen LogP contribution in [0.4, 0.5) is 13.2 Å². The van der Waals surface area contributed by atoms with Crippen LogP contribution < -0.4 is 10.1 Å². The zero-order chi connectivity index (χ0) is 16.6. The number of benzene rings is 1. The summed E-state index contributed by atoms with van der Waals surface area (Å²) in [6.07, 6.45) is -2.83. The van der Waals surface area contributed by atoms with Crippen molar-refractivity contribution in [2.75, 3.05) is 6.54 Å². The standard InChI is InChI=1S/C14H16F3NO4/c15-14(16,17)22-11-7-5-10(6-8-11)13(21)18-9-3-1-2-4-12(19)20/h5-8H,1-4,9H2,(H,18,21)(H,19,20). The van der Waals surface area contributed by atoms with E-state index in [9.17, 15) is 22.8 Å². The Morgan fingerprint density at radius 1 is 1.09 bits per heavy atom. The second kappa shape index (κ2) is 8.26. The second-order valence-corrected chi connectivity index (χ2v) is 4.53. The third kappa shape index (κ3) is 7.51. The van der Waals surface area contributed by atoms with Crippen molar-refractivity contribution in [3.63, 3.8) is 0 Å². The van der Waals surface area contributed by atoms with Crippen LogP contribution in [0, 0.1) is 0 Å². The van der Waals surface area contributed by atoms with Crippen molar-refractivity contribution in [1.29, 1.82) is 0 Å². The van der Waals surface area contributed by atoms with E-state index in [0.29, 0.717) is 25.8 Å². The number of halogens is 3. The molecule has 5 nitrogen and oxygen atoms in total. The summed E-state index contributed by atoms with van der Waals surface area (Å²) in [7, 11) is 0. The second-order valence-electron chi connectivity index (χ2n) is 4.53. The number of hydrogen-bond acceptors (Lipinski definition) is 3. The largest absolute Gasteiger partial charge is 0.573 e. The maximum atomic E-state index is 12.0. The minimum Gasteiger partial charge on any atom is -0.481 e. The van der Waals surface area contributed by atoms with E-state index in [-0.39, 0.29) is 12.0 Å². The zero-order valence-electron chi connectivity index (χ0n) is 11.7. The fraction of sp³-hybridized carbons (Fsp3) is 0.429. The molecule has 122 valence electrons. The molecule has 0 fully saturated rings. The molecule has 0 bridgehead atoms. The lowest BCUT2D eigenvalue weighted by Crippen LogP contribution is -2.24. The number of aliphatic carboxylic acids is 1. The number of hydrogen-bond donors (Lipinski definition) is 2. The molecule has 0 atom stereocenters. The highest BCUT2D eigenvalue weighted by molar-refractivity contribution is 5.94. The summed E-state index contributed by atoms with van der Waals surface area (Å²) in [5, 5.41) is 11.1. The van der Waals surface area contributed by atoms with Gasteiger partial charge in [0, 0.05) is 18.5 Å². The van der Waals surface area contributed by atoms with Crippen molar-refractivity contribution in [3.8, 4) is 5.75 Å². The first-order chi connectivity index (χ1) is 10.3. The van der Waals surface area contributed by atoms with E-state index < -0.39 is 24.0 Å². The molecule has 2 N–H and O–H groups in total. The maximum Gasteiger partial charge on any atom is 0.573 e. The molecular formula is C14H16F3NO4. The van der Waals surface area contributed by atoms with E-state index in [1.54, 1.807) is 0 Å². The van der Waals surface area contributed by atoms with Crippen LogP contribution in [0.25, 0.3) is 0 Å². The van der Waals surface area contributed by atoms with Crippen LogP contribution in [0.2, 0.25) is 0 Å². The van der Waals surface area contributed by atoms with Gasteiger partial charge in [-0.05, 0) is 37.1 Å². The van der Waals surface area contributed by atoms with Crippen LogP contribution in [-0.2, 0) is 4.79 Å². The molecule has 0 aromatic heterocycles. The van der Waals surface area contributed by atoms with Gasteiger partial charge in [0.1, 0.15) is 5.75 Å². The molecule has 1 rings (SSSR count). The average Bonchev–Trinajstić information content (AvgIpc) is 2.41. The molecule has 0 unspecified atom stereocenters. The summed E-state index contributed by atoms with van der Waals surface area (Å²) >= 11 is 0. The lowest BCUT2D eigenvalue weighted by Gasteiger charge is -2.09. The number of ether oxygens (including phenoxy) is 1. The van der Waals surface area contributed by atoms with Crippen LogP contribution in [-0.4, -0.2) is 29.9 Å². The van der Waals surface area contributed by atoms with E-state index in [2.05, 4.69) is 10.1 Å². The molecule has 0 saturated heterocycles. The number of amides is 1. The van der Waals surface area contributed by atoms with Gasteiger partial charge in [0.25, 0.3) is 5.91 Å². The molecule has 0 aliphatic carbocycles. The first kappa shape index (κ1) is 17.8. The molecule has 1 amide bonds. The van der Waals surface area contributed by atoms with Gasteiger partial charge in [0.05, 0.1) is 0 Å². The van der Waals surface area contributed by atoms with E-state index in [4.69, 9.17) is 5.11 Å². The van der Waals surface area contributed by atoms with Crippen LogP contribution in [0.15, 0.2) is 24.3 Å². The highest BCUT2D eigenvalue weighted by atomic mass is 19.4. The van der Waals surface area contributed by atoms with Crippen molar-refractivity contribution in [2.45, 2.75) is 32.0 Å². The van der Waals surface area contributed by atoms with Crippen molar-refractivity contribution < 1.29 is 32.6 Å². The zero-order valence-corrected chi connectivity index (χ0v) is 11.7. The Hall–Kier alpha value is -2.25. The summed E-state index contributed by atoms with van der Waals surface area (Å²) < 4.78 is 39.6. The highest BCUT2D eigenvalue weighted by Gasteiger charge is 2.31. The number of carboxylic acid groups (broad SMARTS) is 1. The van der Waals surface area contributed by atoms with Crippen LogP contribution in [0.1, 0.15) is 36.0 Å². The van der Waals surface area contributed by atoms with Gasteiger partial charge >= 0.3 is 12.3 Å². The van der Waals surface area contributed by atoms with Gasteiger partial charge in [-0.25, -0.2) is 0 Å². The van der Waals surface area contributed by atoms with Crippen LogP contribution in [0.3, 0.4) is 0 Å². The van der Waals surface area contributed by atoms with Gasteiger partial charge in [-0.15, -0.1) is 13.2 Å². The number of rotatable bonds is 8. The number of carbonyl (C=O) groups is 2. The fourth-order valence-electron chi connectivity index (χ4n) is 1.69. The Labute approximate surface area is 125 Å². The number of nitrogens with one attached hydrogen (secondary N) is 1. The third-order valence-electron chi connectivity index (χ3n) is 2.70. The Bertz CT molecular complexity index is 500. The SMILES string of the molecule is O=C(O)CCCCCNC(=O)c1ccc(OC(F)(F)F)cc1. The Morgan fingerprint density at radius 2 is 1.73 bits per heavy atom. The number of carbonyl (C=O) groups excluding carboxylic acids is 1. The predicted molar refractivity (Wildman–Crippen MR) is 71.6 cm³/mol. The quantitative estimate of drug-likeness (QED) is 0.722. The van der Waals surface area contributed by atoms with Gasteiger partial charge in [0.15, 0.2) is 0 Å². The van der Waals surface area contributed by atoms with Crippen LogP contribution >= 0.6 is 0 Å². The summed E-state index contributed by atoms with van der Waals surface area (Å²) in [4.78, 5) is 22.0. The molecule has 0 aliphatic rings. The molecule has 0 aliphatic heterocycles. The third-order valence-corrected chi connectivity index (χ3v) is 2.70. The van der Waals surface area contributed by atoms with E-state index in [1.807, 2.05) is 0 Å². The monoisotopic (exact) mass is 319 g/mol. The molecule has 0 spiro atoms. The molecule has 0 radical (unpaired) electrons. The smallest absolute Gasteiger partial charge is 0.481 e. The van der Waals surface area contributed by atoms with E-state index >= 15 is 0 Å². The molecule has 0 heterocycles. The fourth-order valence-corrected chi connectivity index (χ4v) is 1.69. The van der Waals surface area contributed by atoms with E-state index in [1.165, 1.54) is 12.1 Å². The van der Waals surface area contributed by atoms with Crippen molar-refractivity contribution in [3.05, 3.63) is 29.8 Å². The van der Waals surface area contributed by atoms with Crippen molar-refractivity contribution >= 4 is 11.9 Å². The number of unbranched alkanes of at least 4 members (excludes halogenated alkanes) is 2. The van der Waals surface area contributed by atoms with Crippen LogP contribution in [0.5, 0.6) is 5.75 Å². The molecule has 1 aromatic carbocycles. The topological polar surface area (TPSA) is 75.6 Å². The molecular weight excluding hydrogens is 303 g/mol.